The van der Waals surface area contributed by atoms with Crippen LogP contribution in [0.5, 0.6) is 0 Å². The van der Waals surface area contributed by atoms with Gasteiger partial charge in [-0.25, -0.2) is 0 Å². The molecule has 1 aliphatic rings. The number of hydrogen-bond donors (Lipinski definition) is 0. The van der Waals surface area contributed by atoms with E-state index in [1.165, 1.54) is 0 Å². The molecule has 3 aromatic rings. The minimum absolute atomic E-state index is 0.178. The number of thioether (sulfide) groups is 1. The van der Waals surface area contributed by atoms with E-state index < -0.39 is 0 Å². The summed E-state index contributed by atoms with van der Waals surface area (Å²) in [5.74, 6) is 3.33. The van der Waals surface area contributed by atoms with Crippen LogP contribution in [0, 0.1) is 0 Å². The van der Waals surface area contributed by atoms with Crippen LogP contribution in [0.1, 0.15) is 50.2 Å². The van der Waals surface area contributed by atoms with Gasteiger partial charge in [0.1, 0.15) is 12.2 Å². The van der Waals surface area contributed by atoms with Gasteiger partial charge in [0.05, 0.1) is 16.3 Å². The van der Waals surface area contributed by atoms with Crippen molar-refractivity contribution in [3.63, 3.8) is 0 Å². The molecule has 0 aliphatic carbocycles. The van der Waals surface area contributed by atoms with Crippen molar-refractivity contribution >= 4 is 29.0 Å². The van der Waals surface area contributed by atoms with E-state index in [9.17, 15) is 4.79 Å². The molecule has 154 valence electrons. The van der Waals surface area contributed by atoms with Gasteiger partial charge in [-0.3, -0.25) is 4.79 Å². The summed E-state index contributed by atoms with van der Waals surface area (Å²) in [4.78, 5) is 15.8. The Morgan fingerprint density at radius 3 is 3.14 bits per heavy atom. The van der Waals surface area contributed by atoms with Crippen molar-refractivity contribution in [1.29, 1.82) is 0 Å². The number of amides is 1. The monoisotopic (exact) mass is 431 g/mol. The largest absolute Gasteiger partial charge is 0.355 e. The summed E-state index contributed by atoms with van der Waals surface area (Å²) in [7, 11) is 0. The summed E-state index contributed by atoms with van der Waals surface area (Å²) in [5, 5.41) is 14.6. The summed E-state index contributed by atoms with van der Waals surface area (Å²) in [5.41, 5.74) is 0.868. The highest BCUT2D eigenvalue weighted by atomic mass is 32.2. The molecule has 1 amide bonds. The molecule has 29 heavy (non-hydrogen) atoms. The zero-order chi connectivity index (χ0) is 20.2. The number of thiophene rings is 1. The predicted molar refractivity (Wildman–Crippen MR) is 115 cm³/mol. The van der Waals surface area contributed by atoms with Gasteiger partial charge in [0, 0.05) is 36.9 Å². The van der Waals surface area contributed by atoms with Gasteiger partial charge in [0.2, 0.25) is 5.91 Å². The van der Waals surface area contributed by atoms with E-state index in [4.69, 9.17) is 4.52 Å². The first kappa shape index (κ1) is 20.2. The molecular weight excluding hydrogens is 406 g/mol. The molecular formula is C20H25N5O2S2. The van der Waals surface area contributed by atoms with E-state index in [2.05, 4.69) is 33.8 Å². The van der Waals surface area contributed by atoms with Crippen molar-refractivity contribution in [2.45, 2.75) is 44.4 Å². The molecule has 4 heterocycles. The van der Waals surface area contributed by atoms with Crippen molar-refractivity contribution in [3.05, 3.63) is 41.4 Å². The molecule has 0 spiro atoms. The van der Waals surface area contributed by atoms with Crippen LogP contribution in [-0.2, 0) is 10.5 Å². The third-order valence-electron chi connectivity index (χ3n) is 5.09. The quantitative estimate of drug-likeness (QED) is 0.558. The average Bonchev–Trinajstić information content (AvgIpc) is 3.48. The summed E-state index contributed by atoms with van der Waals surface area (Å²) in [6.45, 7) is 5.79. The molecule has 3 aromatic heterocycles. The lowest BCUT2D eigenvalue weighted by molar-refractivity contribution is -0.129. The zero-order valence-corrected chi connectivity index (χ0v) is 18.3. The fourth-order valence-electron chi connectivity index (χ4n) is 3.61. The Kier molecular flexibility index (Phi) is 6.34. The van der Waals surface area contributed by atoms with Crippen LogP contribution in [0.15, 0.2) is 34.4 Å². The lowest BCUT2D eigenvalue weighted by Gasteiger charge is -2.32. The second kappa shape index (κ2) is 9.13. The highest BCUT2D eigenvalue weighted by Crippen LogP contribution is 2.28. The molecule has 1 saturated heterocycles. The van der Waals surface area contributed by atoms with E-state index in [0.29, 0.717) is 17.5 Å². The average molecular weight is 432 g/mol. The van der Waals surface area contributed by atoms with Gasteiger partial charge < -0.3 is 14.0 Å². The van der Waals surface area contributed by atoms with Crippen molar-refractivity contribution < 1.29 is 9.32 Å². The summed E-state index contributed by atoms with van der Waals surface area (Å²) >= 11 is 3.21. The van der Waals surface area contributed by atoms with Crippen LogP contribution in [0.3, 0.4) is 0 Å². The molecule has 0 aromatic carbocycles. The van der Waals surface area contributed by atoms with Crippen molar-refractivity contribution in [2.24, 2.45) is 0 Å². The molecule has 0 saturated carbocycles. The van der Waals surface area contributed by atoms with Gasteiger partial charge in [-0.1, -0.05) is 11.2 Å². The first-order chi connectivity index (χ1) is 14.1. The van der Waals surface area contributed by atoms with Crippen LogP contribution in [0.2, 0.25) is 0 Å². The number of carbonyl (C=O) groups excluding carboxylic acids is 1. The molecule has 1 unspecified atom stereocenters. The Bertz CT molecular complexity index is 934. The fourth-order valence-corrected chi connectivity index (χ4v) is 5.08. The molecule has 0 N–H and O–H groups in total. The highest BCUT2D eigenvalue weighted by Gasteiger charge is 2.28. The number of aromatic nitrogens is 4. The standard InChI is InChI=1S/C20H25N5O2S2/c1-14(2)25-13-21-22-20(25)15-5-3-7-24(10-15)19(26)12-28-11-16-9-17(27-23-16)18-6-4-8-29-18/h4,6,8-9,13-15H,3,5,7,10-12H2,1-2H3. The minimum atomic E-state index is 0.178. The summed E-state index contributed by atoms with van der Waals surface area (Å²) in [6.07, 6.45) is 3.84. The number of hydrogen-bond acceptors (Lipinski definition) is 7. The number of nitrogens with zero attached hydrogens (tertiary/aromatic N) is 5. The molecule has 0 bridgehead atoms. The molecule has 4 rings (SSSR count). The van der Waals surface area contributed by atoms with Crippen molar-refractivity contribution in [3.8, 4) is 10.6 Å². The lowest BCUT2D eigenvalue weighted by atomic mass is 9.97. The number of rotatable bonds is 7. The molecule has 1 fully saturated rings. The maximum Gasteiger partial charge on any atom is 0.232 e. The summed E-state index contributed by atoms with van der Waals surface area (Å²) < 4.78 is 7.52. The molecule has 1 aliphatic heterocycles. The Morgan fingerprint density at radius 2 is 2.34 bits per heavy atom. The third-order valence-corrected chi connectivity index (χ3v) is 6.93. The van der Waals surface area contributed by atoms with Crippen molar-refractivity contribution in [2.75, 3.05) is 18.8 Å². The van der Waals surface area contributed by atoms with Gasteiger partial charge in [-0.2, -0.15) is 0 Å². The number of carbonyl (C=O) groups is 1. The minimum Gasteiger partial charge on any atom is -0.355 e. The van der Waals surface area contributed by atoms with Gasteiger partial charge in [0.15, 0.2) is 5.76 Å². The topological polar surface area (TPSA) is 77.0 Å². The maximum atomic E-state index is 12.7. The highest BCUT2D eigenvalue weighted by molar-refractivity contribution is 7.99. The molecule has 0 radical (unpaired) electrons. The molecule has 7 nitrogen and oxygen atoms in total. The van der Waals surface area contributed by atoms with Gasteiger partial charge in [-0.05, 0) is 38.1 Å². The molecule has 1 atom stereocenters. The van der Waals surface area contributed by atoms with Gasteiger partial charge in [0.25, 0.3) is 0 Å². The van der Waals surface area contributed by atoms with E-state index in [0.717, 1.165) is 48.1 Å². The van der Waals surface area contributed by atoms with Gasteiger partial charge >= 0.3 is 0 Å². The Morgan fingerprint density at radius 1 is 1.45 bits per heavy atom. The van der Waals surface area contributed by atoms with E-state index in [1.54, 1.807) is 29.4 Å². The van der Waals surface area contributed by atoms with Crippen LogP contribution >= 0.6 is 23.1 Å². The van der Waals surface area contributed by atoms with Crippen LogP contribution in [0.25, 0.3) is 10.6 Å². The lowest BCUT2D eigenvalue weighted by Crippen LogP contribution is -2.40. The second-order valence-electron chi connectivity index (χ2n) is 7.52. The second-order valence-corrected chi connectivity index (χ2v) is 9.45. The Balaban J connectivity index is 1.29. The normalized spacial score (nSPS) is 17.2. The van der Waals surface area contributed by atoms with Crippen LogP contribution < -0.4 is 0 Å². The Hall–Kier alpha value is -2.13. The number of piperidine rings is 1. The zero-order valence-electron chi connectivity index (χ0n) is 16.7. The third kappa shape index (κ3) is 4.72. The SMILES string of the molecule is CC(C)n1cnnc1C1CCCN(C(=O)CSCc2cc(-c3cccs3)on2)C1. The van der Waals surface area contributed by atoms with E-state index in [-0.39, 0.29) is 11.8 Å². The van der Waals surface area contributed by atoms with Crippen LogP contribution in [-0.4, -0.2) is 49.6 Å². The van der Waals surface area contributed by atoms with E-state index in [1.807, 2.05) is 28.5 Å². The summed E-state index contributed by atoms with van der Waals surface area (Å²) in [6, 6.07) is 6.28. The first-order valence-electron chi connectivity index (χ1n) is 9.86. The first-order valence-corrected chi connectivity index (χ1v) is 11.9. The fraction of sp³-hybridized carbons (Fsp3) is 0.500. The Labute approximate surface area is 178 Å². The van der Waals surface area contributed by atoms with Crippen LogP contribution in [0.4, 0.5) is 0 Å². The number of likely N-dealkylation sites (tertiary alicyclic amines) is 1. The van der Waals surface area contributed by atoms with E-state index >= 15 is 0 Å². The van der Waals surface area contributed by atoms with Gasteiger partial charge in [-0.15, -0.1) is 33.3 Å². The molecule has 9 heteroatoms. The predicted octanol–water partition coefficient (Wildman–Crippen LogP) is 4.21. The van der Waals surface area contributed by atoms with Crippen molar-refractivity contribution in [1.82, 2.24) is 24.8 Å². The smallest absolute Gasteiger partial charge is 0.232 e. The maximum absolute atomic E-state index is 12.7.